The van der Waals surface area contributed by atoms with Gasteiger partial charge in [-0.1, -0.05) is 0 Å². The molecule has 122 valence electrons. The van der Waals surface area contributed by atoms with E-state index in [1.165, 1.54) is 0 Å². The summed E-state index contributed by atoms with van der Waals surface area (Å²) in [6.45, 7) is 5.07. The summed E-state index contributed by atoms with van der Waals surface area (Å²) in [7, 11) is -1.07. The average molecular weight is 318 g/mol. The Morgan fingerprint density at radius 3 is 2.29 bits per heavy atom. The molecule has 2 fully saturated rings. The van der Waals surface area contributed by atoms with E-state index in [4.69, 9.17) is 0 Å². The summed E-state index contributed by atoms with van der Waals surface area (Å²) in [6, 6.07) is 0. The zero-order chi connectivity index (χ0) is 15.9. The third-order valence-corrected chi connectivity index (χ3v) is 6.96. The van der Waals surface area contributed by atoms with Crippen LogP contribution in [0.5, 0.6) is 0 Å². The van der Waals surface area contributed by atoms with Crippen LogP contribution in [0.15, 0.2) is 0 Å². The van der Waals surface area contributed by atoms with Crippen molar-refractivity contribution in [2.45, 2.75) is 44.2 Å². The third-order valence-electron chi connectivity index (χ3n) is 5.08. The molecule has 0 aromatic carbocycles. The number of hydrogen-bond acceptors (Lipinski definition) is 5. The second-order valence-electron chi connectivity index (χ2n) is 6.93. The van der Waals surface area contributed by atoms with Crippen molar-refractivity contribution < 1.29 is 18.3 Å². The summed E-state index contributed by atoms with van der Waals surface area (Å²) in [6.07, 6.45) is 1.70. The highest BCUT2D eigenvalue weighted by atomic mass is 32.2. The zero-order valence-corrected chi connectivity index (χ0v) is 13.9. The number of piperidine rings is 1. The van der Waals surface area contributed by atoms with E-state index in [1.54, 1.807) is 11.8 Å². The Morgan fingerprint density at radius 2 is 1.86 bits per heavy atom. The normalized spacial score (nSPS) is 31.6. The number of carbonyl (C=O) groups excluding carboxylic acids is 1. The van der Waals surface area contributed by atoms with Crippen molar-refractivity contribution in [1.82, 2.24) is 9.80 Å². The van der Waals surface area contributed by atoms with Crippen LogP contribution in [-0.2, 0) is 14.6 Å². The molecule has 0 aliphatic carbocycles. The predicted molar refractivity (Wildman–Crippen MR) is 80.7 cm³/mol. The van der Waals surface area contributed by atoms with Gasteiger partial charge < -0.3 is 10.0 Å². The molecule has 2 rings (SSSR count). The van der Waals surface area contributed by atoms with Crippen LogP contribution in [0.25, 0.3) is 0 Å². The Balaban J connectivity index is 1.97. The lowest BCUT2D eigenvalue weighted by atomic mass is 9.88. The van der Waals surface area contributed by atoms with E-state index >= 15 is 0 Å². The van der Waals surface area contributed by atoms with Crippen LogP contribution in [0, 0.1) is 0 Å². The van der Waals surface area contributed by atoms with Crippen LogP contribution >= 0.6 is 0 Å². The molecule has 0 spiro atoms. The second kappa shape index (κ2) is 5.52. The fraction of sp³-hybridized carbons (Fsp3) is 0.929. The van der Waals surface area contributed by atoms with Gasteiger partial charge >= 0.3 is 0 Å². The van der Waals surface area contributed by atoms with E-state index in [0.29, 0.717) is 38.9 Å². The molecule has 0 aromatic heterocycles. The molecule has 0 bridgehead atoms. The SMILES string of the molecule is CC(=O)N1CCC(O)(CN(C)[C@]2(C)CCS(=O)(=O)C2)CC1. The molecule has 0 radical (unpaired) electrons. The lowest BCUT2D eigenvalue weighted by molar-refractivity contribution is -0.134. The molecule has 6 nitrogen and oxygen atoms in total. The van der Waals surface area contributed by atoms with Gasteiger partial charge in [0.15, 0.2) is 9.84 Å². The van der Waals surface area contributed by atoms with E-state index in [0.717, 1.165) is 0 Å². The molecule has 1 amide bonds. The van der Waals surface area contributed by atoms with Gasteiger partial charge in [0, 0.05) is 32.1 Å². The Labute approximate surface area is 127 Å². The number of nitrogens with zero attached hydrogens (tertiary/aromatic N) is 2. The summed E-state index contributed by atoms with van der Waals surface area (Å²) in [5.74, 6) is 0.426. The lowest BCUT2D eigenvalue weighted by Gasteiger charge is -2.44. The van der Waals surface area contributed by atoms with Gasteiger partial charge in [-0.2, -0.15) is 0 Å². The van der Waals surface area contributed by atoms with Gasteiger partial charge in [-0.15, -0.1) is 0 Å². The smallest absolute Gasteiger partial charge is 0.219 e. The number of β-amino-alcohol motifs (C(OH)–C–C–N with tert-alkyl or cyclic N) is 1. The van der Waals surface area contributed by atoms with Crippen LogP contribution in [0.3, 0.4) is 0 Å². The number of amides is 1. The summed E-state index contributed by atoms with van der Waals surface area (Å²) >= 11 is 0. The number of likely N-dealkylation sites (tertiary alicyclic amines) is 1. The highest BCUT2D eigenvalue weighted by molar-refractivity contribution is 7.91. The maximum Gasteiger partial charge on any atom is 0.219 e. The molecule has 2 saturated heterocycles. The molecule has 0 unspecified atom stereocenters. The third kappa shape index (κ3) is 3.76. The van der Waals surface area contributed by atoms with Crippen molar-refractivity contribution in [3.05, 3.63) is 0 Å². The quantitative estimate of drug-likeness (QED) is 0.784. The minimum absolute atomic E-state index is 0.0410. The highest BCUT2D eigenvalue weighted by Gasteiger charge is 2.44. The molecule has 7 heteroatoms. The van der Waals surface area contributed by atoms with Gasteiger partial charge in [0.25, 0.3) is 0 Å². The maximum absolute atomic E-state index is 11.7. The van der Waals surface area contributed by atoms with Gasteiger partial charge in [-0.3, -0.25) is 9.69 Å². The summed E-state index contributed by atoms with van der Waals surface area (Å²) in [5.41, 5.74) is -1.23. The summed E-state index contributed by atoms with van der Waals surface area (Å²) < 4.78 is 23.4. The van der Waals surface area contributed by atoms with Crippen molar-refractivity contribution in [2.24, 2.45) is 0 Å². The maximum atomic E-state index is 11.7. The van der Waals surface area contributed by atoms with Crippen molar-refractivity contribution >= 4 is 15.7 Å². The number of sulfone groups is 1. The van der Waals surface area contributed by atoms with Crippen molar-refractivity contribution in [2.75, 3.05) is 38.2 Å². The molecule has 2 heterocycles. The van der Waals surface area contributed by atoms with Gasteiger partial charge in [0.05, 0.1) is 17.1 Å². The van der Waals surface area contributed by atoms with Crippen LogP contribution in [0.1, 0.15) is 33.1 Å². The number of aliphatic hydroxyl groups is 1. The Hall–Kier alpha value is -0.660. The molecular weight excluding hydrogens is 292 g/mol. The number of carbonyl (C=O) groups is 1. The van der Waals surface area contributed by atoms with Gasteiger partial charge in [0.2, 0.25) is 5.91 Å². The molecular formula is C14H26N2O4S. The largest absolute Gasteiger partial charge is 0.388 e. The highest BCUT2D eigenvalue weighted by Crippen LogP contribution is 2.32. The van der Waals surface area contributed by atoms with E-state index in [2.05, 4.69) is 0 Å². The fourth-order valence-electron chi connectivity index (χ4n) is 3.32. The summed E-state index contributed by atoms with van der Waals surface area (Å²) in [5, 5.41) is 10.7. The first-order valence-corrected chi connectivity index (χ1v) is 9.27. The first-order chi connectivity index (χ1) is 9.55. The first-order valence-electron chi connectivity index (χ1n) is 7.45. The Kier molecular flexibility index (Phi) is 4.39. The van der Waals surface area contributed by atoms with Gasteiger partial charge in [-0.05, 0) is 33.2 Å². The summed E-state index contributed by atoms with van der Waals surface area (Å²) in [4.78, 5) is 15.1. The average Bonchev–Trinajstić information content (AvgIpc) is 2.65. The fourth-order valence-corrected chi connectivity index (χ4v) is 5.53. The number of rotatable bonds is 3. The molecule has 1 N–H and O–H groups in total. The van der Waals surface area contributed by atoms with E-state index in [1.807, 2.05) is 18.9 Å². The minimum atomic E-state index is -2.96. The Morgan fingerprint density at radius 1 is 1.29 bits per heavy atom. The number of hydrogen-bond donors (Lipinski definition) is 1. The minimum Gasteiger partial charge on any atom is -0.388 e. The Bertz CT molecular complexity index is 511. The first kappa shape index (κ1) is 16.7. The standard InChI is InChI=1S/C14H26N2O4S/c1-12(17)16-7-4-14(18,5-8-16)10-15(3)13(2)6-9-21(19,20)11-13/h18H,4-11H2,1-3H3/t13-/m1/s1. The van der Waals surface area contributed by atoms with Crippen LogP contribution in [-0.4, -0.2) is 78.6 Å². The predicted octanol–water partition coefficient (Wildman–Crippen LogP) is -0.131. The number of likely N-dealkylation sites (N-methyl/N-ethyl adjacent to an activating group) is 1. The van der Waals surface area contributed by atoms with E-state index < -0.39 is 21.0 Å². The lowest BCUT2D eigenvalue weighted by Crippen LogP contribution is -2.56. The van der Waals surface area contributed by atoms with Crippen LogP contribution < -0.4 is 0 Å². The molecule has 21 heavy (non-hydrogen) atoms. The molecule has 1 atom stereocenters. The van der Waals surface area contributed by atoms with Crippen LogP contribution in [0.4, 0.5) is 0 Å². The monoisotopic (exact) mass is 318 g/mol. The van der Waals surface area contributed by atoms with E-state index in [9.17, 15) is 18.3 Å². The topological polar surface area (TPSA) is 77.9 Å². The zero-order valence-electron chi connectivity index (χ0n) is 13.1. The van der Waals surface area contributed by atoms with Crippen LogP contribution in [0.2, 0.25) is 0 Å². The molecule has 2 aliphatic rings. The van der Waals surface area contributed by atoms with Crippen molar-refractivity contribution in [3.8, 4) is 0 Å². The second-order valence-corrected chi connectivity index (χ2v) is 9.11. The van der Waals surface area contributed by atoms with E-state index in [-0.39, 0.29) is 17.4 Å². The molecule has 2 aliphatic heterocycles. The molecule has 0 aromatic rings. The van der Waals surface area contributed by atoms with Gasteiger partial charge in [-0.25, -0.2) is 8.42 Å². The molecule has 0 saturated carbocycles. The van der Waals surface area contributed by atoms with Crippen molar-refractivity contribution in [3.63, 3.8) is 0 Å². The van der Waals surface area contributed by atoms with Gasteiger partial charge in [0.1, 0.15) is 0 Å². The van der Waals surface area contributed by atoms with Crippen molar-refractivity contribution in [1.29, 1.82) is 0 Å².